The van der Waals surface area contributed by atoms with Gasteiger partial charge in [-0.15, -0.1) is 0 Å². The van der Waals surface area contributed by atoms with E-state index in [1.54, 1.807) is 12.3 Å². The SMILES string of the molecule is N#Cc1ccc2nc(Cc3cccnc3)[nH]c2c1. The molecule has 0 amide bonds. The van der Waals surface area contributed by atoms with Crippen LogP contribution in [-0.2, 0) is 6.42 Å². The van der Waals surface area contributed by atoms with Crippen LogP contribution in [-0.4, -0.2) is 15.0 Å². The molecule has 1 aromatic carbocycles. The normalized spacial score (nSPS) is 10.4. The average Bonchev–Trinajstić information content (AvgIpc) is 2.80. The highest BCUT2D eigenvalue weighted by atomic mass is 14.9. The van der Waals surface area contributed by atoms with Gasteiger partial charge >= 0.3 is 0 Å². The van der Waals surface area contributed by atoms with Gasteiger partial charge in [-0.2, -0.15) is 5.26 Å². The molecule has 0 bridgehead atoms. The second kappa shape index (κ2) is 4.30. The van der Waals surface area contributed by atoms with Gasteiger partial charge < -0.3 is 4.98 Å². The van der Waals surface area contributed by atoms with Gasteiger partial charge in [0.15, 0.2) is 0 Å². The predicted octanol–water partition coefficient (Wildman–Crippen LogP) is 2.42. The van der Waals surface area contributed by atoms with E-state index in [-0.39, 0.29) is 0 Å². The number of pyridine rings is 1. The molecule has 3 aromatic rings. The zero-order valence-electron chi connectivity index (χ0n) is 9.59. The fraction of sp³-hybridized carbons (Fsp3) is 0.0714. The molecule has 4 heteroatoms. The number of hydrogen-bond acceptors (Lipinski definition) is 3. The van der Waals surface area contributed by atoms with Crippen molar-refractivity contribution in [3.05, 3.63) is 59.7 Å². The molecule has 0 aliphatic carbocycles. The van der Waals surface area contributed by atoms with E-state index in [1.807, 2.05) is 30.5 Å². The summed E-state index contributed by atoms with van der Waals surface area (Å²) in [5.41, 5.74) is 3.52. The first kappa shape index (κ1) is 10.5. The molecule has 0 fully saturated rings. The number of H-pyrrole nitrogens is 1. The lowest BCUT2D eigenvalue weighted by Gasteiger charge is -1.95. The Bertz CT molecular complexity index is 722. The van der Waals surface area contributed by atoms with Gasteiger partial charge in [-0.1, -0.05) is 6.07 Å². The first-order chi connectivity index (χ1) is 8.85. The van der Waals surface area contributed by atoms with Crippen molar-refractivity contribution >= 4 is 11.0 Å². The van der Waals surface area contributed by atoms with E-state index in [4.69, 9.17) is 5.26 Å². The Morgan fingerprint density at radius 3 is 3.00 bits per heavy atom. The summed E-state index contributed by atoms with van der Waals surface area (Å²) in [6.45, 7) is 0. The number of aromatic amines is 1. The van der Waals surface area contributed by atoms with Crippen LogP contribution in [0.4, 0.5) is 0 Å². The van der Waals surface area contributed by atoms with E-state index in [0.29, 0.717) is 12.0 Å². The van der Waals surface area contributed by atoms with E-state index in [1.165, 1.54) is 0 Å². The lowest BCUT2D eigenvalue weighted by Crippen LogP contribution is -1.90. The summed E-state index contributed by atoms with van der Waals surface area (Å²) in [7, 11) is 0. The summed E-state index contributed by atoms with van der Waals surface area (Å²) in [5, 5.41) is 8.85. The van der Waals surface area contributed by atoms with Crippen LogP contribution in [0.15, 0.2) is 42.7 Å². The van der Waals surface area contributed by atoms with Crippen LogP contribution in [0.3, 0.4) is 0 Å². The fourth-order valence-electron chi connectivity index (χ4n) is 1.91. The molecule has 1 N–H and O–H groups in total. The minimum Gasteiger partial charge on any atom is -0.342 e. The Morgan fingerprint density at radius 1 is 1.28 bits per heavy atom. The van der Waals surface area contributed by atoms with Gasteiger partial charge in [0.25, 0.3) is 0 Å². The van der Waals surface area contributed by atoms with Crippen LogP contribution in [0, 0.1) is 11.3 Å². The Hall–Kier alpha value is -2.67. The Balaban J connectivity index is 1.97. The standard InChI is InChI=1S/C14H10N4/c15-8-10-3-4-12-13(6-10)18-14(17-12)7-11-2-1-5-16-9-11/h1-6,9H,7H2,(H,17,18). The summed E-state index contributed by atoms with van der Waals surface area (Å²) in [4.78, 5) is 11.8. The summed E-state index contributed by atoms with van der Waals surface area (Å²) < 4.78 is 0. The van der Waals surface area contributed by atoms with Gasteiger partial charge in [-0.3, -0.25) is 4.98 Å². The van der Waals surface area contributed by atoms with Crippen LogP contribution in [0.25, 0.3) is 11.0 Å². The highest BCUT2D eigenvalue weighted by Crippen LogP contribution is 2.15. The fourth-order valence-corrected chi connectivity index (χ4v) is 1.91. The van der Waals surface area contributed by atoms with Crippen LogP contribution >= 0.6 is 0 Å². The minimum absolute atomic E-state index is 0.638. The lowest BCUT2D eigenvalue weighted by atomic mass is 10.2. The molecule has 3 rings (SSSR count). The molecule has 4 nitrogen and oxygen atoms in total. The number of imidazole rings is 1. The van der Waals surface area contributed by atoms with Gasteiger partial charge in [0.05, 0.1) is 22.7 Å². The maximum absolute atomic E-state index is 8.85. The number of rotatable bonds is 2. The molecular formula is C14H10N4. The van der Waals surface area contributed by atoms with Gasteiger partial charge in [-0.25, -0.2) is 4.98 Å². The molecule has 0 unspecified atom stereocenters. The van der Waals surface area contributed by atoms with E-state index >= 15 is 0 Å². The maximum Gasteiger partial charge on any atom is 0.111 e. The first-order valence-electron chi connectivity index (χ1n) is 5.63. The van der Waals surface area contributed by atoms with Crippen molar-refractivity contribution < 1.29 is 0 Å². The van der Waals surface area contributed by atoms with Gasteiger partial charge in [0, 0.05) is 18.8 Å². The van der Waals surface area contributed by atoms with Crippen molar-refractivity contribution in [2.75, 3.05) is 0 Å². The number of aromatic nitrogens is 3. The molecule has 86 valence electrons. The van der Waals surface area contributed by atoms with Crippen LogP contribution in [0.5, 0.6) is 0 Å². The van der Waals surface area contributed by atoms with Gasteiger partial charge in [-0.05, 0) is 29.8 Å². The smallest absolute Gasteiger partial charge is 0.111 e. The van der Waals surface area contributed by atoms with Crippen molar-refractivity contribution in [2.24, 2.45) is 0 Å². The van der Waals surface area contributed by atoms with Gasteiger partial charge in [0.1, 0.15) is 5.82 Å². The van der Waals surface area contributed by atoms with Crippen molar-refractivity contribution in [3.63, 3.8) is 0 Å². The molecular weight excluding hydrogens is 224 g/mol. The lowest BCUT2D eigenvalue weighted by molar-refractivity contribution is 1.02. The Labute approximate surface area is 104 Å². The highest BCUT2D eigenvalue weighted by Gasteiger charge is 2.04. The third-order valence-corrected chi connectivity index (χ3v) is 2.75. The summed E-state index contributed by atoms with van der Waals surface area (Å²) in [6.07, 6.45) is 4.29. The second-order valence-electron chi connectivity index (χ2n) is 4.07. The molecule has 0 atom stereocenters. The zero-order chi connectivity index (χ0) is 12.4. The number of fused-ring (bicyclic) bond motifs is 1. The molecule has 2 heterocycles. The van der Waals surface area contributed by atoms with Crippen LogP contribution in [0.2, 0.25) is 0 Å². The monoisotopic (exact) mass is 234 g/mol. The minimum atomic E-state index is 0.638. The van der Waals surface area contributed by atoms with Crippen molar-refractivity contribution in [1.82, 2.24) is 15.0 Å². The molecule has 0 saturated heterocycles. The summed E-state index contributed by atoms with van der Waals surface area (Å²) in [6, 6.07) is 11.5. The van der Waals surface area contributed by atoms with Crippen molar-refractivity contribution in [2.45, 2.75) is 6.42 Å². The third-order valence-electron chi connectivity index (χ3n) is 2.75. The predicted molar refractivity (Wildman–Crippen MR) is 67.9 cm³/mol. The molecule has 0 saturated carbocycles. The quantitative estimate of drug-likeness (QED) is 0.740. The van der Waals surface area contributed by atoms with E-state index < -0.39 is 0 Å². The maximum atomic E-state index is 8.85. The van der Waals surface area contributed by atoms with E-state index in [9.17, 15) is 0 Å². The highest BCUT2D eigenvalue weighted by molar-refractivity contribution is 5.76. The average molecular weight is 234 g/mol. The van der Waals surface area contributed by atoms with Crippen molar-refractivity contribution in [1.29, 1.82) is 5.26 Å². The first-order valence-corrected chi connectivity index (χ1v) is 5.63. The second-order valence-corrected chi connectivity index (χ2v) is 4.07. The molecule has 18 heavy (non-hydrogen) atoms. The molecule has 0 radical (unpaired) electrons. The van der Waals surface area contributed by atoms with Crippen LogP contribution < -0.4 is 0 Å². The Kier molecular flexibility index (Phi) is 2.50. The molecule has 0 spiro atoms. The number of nitrogens with zero attached hydrogens (tertiary/aromatic N) is 3. The number of benzene rings is 1. The molecule has 0 aliphatic heterocycles. The van der Waals surface area contributed by atoms with Gasteiger partial charge in [0.2, 0.25) is 0 Å². The number of hydrogen-bond donors (Lipinski definition) is 1. The number of nitriles is 1. The summed E-state index contributed by atoms with van der Waals surface area (Å²) >= 11 is 0. The third kappa shape index (κ3) is 1.94. The Morgan fingerprint density at radius 2 is 2.22 bits per heavy atom. The molecule has 2 aromatic heterocycles. The topological polar surface area (TPSA) is 65.4 Å². The van der Waals surface area contributed by atoms with E-state index in [0.717, 1.165) is 22.4 Å². The molecule has 0 aliphatic rings. The largest absolute Gasteiger partial charge is 0.342 e. The van der Waals surface area contributed by atoms with Crippen LogP contribution in [0.1, 0.15) is 17.0 Å². The zero-order valence-corrected chi connectivity index (χ0v) is 9.59. The van der Waals surface area contributed by atoms with Crippen molar-refractivity contribution in [3.8, 4) is 6.07 Å². The number of nitrogens with one attached hydrogen (secondary N) is 1. The summed E-state index contributed by atoms with van der Waals surface area (Å²) in [5.74, 6) is 0.882. The van der Waals surface area contributed by atoms with E-state index in [2.05, 4.69) is 21.0 Å².